The Labute approximate surface area is 337 Å². The number of ether oxygens (including phenoxy) is 3. The third-order valence-electron chi connectivity index (χ3n) is 7.89. The number of halogens is 1. The molecule has 3 atom stereocenters. The van der Waals surface area contributed by atoms with Crippen molar-refractivity contribution in [2.45, 2.75) is 55.7 Å². The molecule has 0 saturated heterocycles. The number of nitrogens with zero attached hydrogens (tertiary/aromatic N) is 4. The van der Waals surface area contributed by atoms with Crippen LogP contribution in [0.1, 0.15) is 43.5 Å². The van der Waals surface area contributed by atoms with E-state index in [4.69, 9.17) is 47.4 Å². The molecule has 0 saturated carbocycles. The van der Waals surface area contributed by atoms with Crippen molar-refractivity contribution in [1.29, 1.82) is 10.5 Å². The normalized spacial score (nSPS) is 12.3. The van der Waals surface area contributed by atoms with E-state index in [2.05, 4.69) is 26.7 Å². The first-order valence-electron chi connectivity index (χ1n) is 17.4. The lowest BCUT2D eigenvalue weighted by Crippen LogP contribution is -2.44. The van der Waals surface area contributed by atoms with Crippen molar-refractivity contribution in [3.05, 3.63) is 76.6 Å². The summed E-state index contributed by atoms with van der Waals surface area (Å²) in [6, 6.07) is 15.5. The van der Waals surface area contributed by atoms with Gasteiger partial charge in [0, 0.05) is 47.8 Å². The number of hydrogen-bond acceptors (Lipinski definition) is 16. The summed E-state index contributed by atoms with van der Waals surface area (Å²) in [7, 11) is 0. The summed E-state index contributed by atoms with van der Waals surface area (Å²) in [5.41, 5.74) is 19.2. The van der Waals surface area contributed by atoms with Crippen LogP contribution in [0.2, 0.25) is 5.02 Å². The smallest absolute Gasteiger partial charge is 0.328 e. The third-order valence-corrected chi connectivity index (χ3v) is 9.15. The molecular weight excluding hydrogens is 778 g/mol. The maximum Gasteiger partial charge on any atom is 0.328 e. The Morgan fingerprint density at radius 2 is 1.46 bits per heavy atom. The van der Waals surface area contributed by atoms with Crippen molar-refractivity contribution in [2.24, 2.45) is 11.5 Å². The van der Waals surface area contributed by atoms with E-state index in [0.717, 1.165) is 5.56 Å². The molecule has 0 fully saturated rings. The second-order valence-electron chi connectivity index (χ2n) is 12.3. The van der Waals surface area contributed by atoms with Crippen LogP contribution in [0.15, 0.2) is 64.2 Å². The number of hydrogen-bond donors (Lipinski definition) is 5. The molecule has 2 aromatic carbocycles. The third kappa shape index (κ3) is 12.4. The number of nitriles is 2. The highest BCUT2D eigenvalue weighted by atomic mass is 35.5. The van der Waals surface area contributed by atoms with Gasteiger partial charge >= 0.3 is 11.9 Å². The van der Waals surface area contributed by atoms with Crippen LogP contribution in [0.3, 0.4) is 0 Å². The number of nitrogens with two attached hydrogens (primary N) is 3. The molecule has 2 amide bonds. The van der Waals surface area contributed by atoms with Crippen molar-refractivity contribution in [2.75, 3.05) is 32.0 Å². The SMILES string of the molecule is CC(NC(=O)CCN)C(=O)OCC(COc1ccc(-c2c(C#N)c(N)nc(SCc3coc(-c4ccc(Cl)cc4)n3)c2C#N)cc1)OC(=O)C(C)NC(=O)CCN. The molecule has 4 rings (SSSR count). The summed E-state index contributed by atoms with van der Waals surface area (Å²) >= 11 is 7.18. The highest BCUT2D eigenvalue weighted by molar-refractivity contribution is 7.98. The molecule has 0 aliphatic carbocycles. The Kier molecular flexibility index (Phi) is 16.2. The highest BCUT2D eigenvalue weighted by Gasteiger charge is 2.26. The van der Waals surface area contributed by atoms with Gasteiger partial charge in [0.1, 0.15) is 65.9 Å². The van der Waals surface area contributed by atoms with Gasteiger partial charge in [0.2, 0.25) is 17.7 Å². The second kappa shape index (κ2) is 21.2. The van der Waals surface area contributed by atoms with Crippen LogP contribution < -0.4 is 32.6 Å². The Morgan fingerprint density at radius 1 is 0.860 bits per heavy atom. The first-order valence-corrected chi connectivity index (χ1v) is 18.8. The molecule has 2 heterocycles. The van der Waals surface area contributed by atoms with Crippen LogP contribution in [0.4, 0.5) is 5.82 Å². The molecule has 0 radical (unpaired) electrons. The van der Waals surface area contributed by atoms with Crippen LogP contribution in [0.5, 0.6) is 5.75 Å². The van der Waals surface area contributed by atoms with Crippen molar-refractivity contribution < 1.29 is 37.8 Å². The molecule has 3 unspecified atom stereocenters. The molecule has 4 aromatic rings. The number of nitrogen functional groups attached to an aromatic ring is 1. The molecule has 0 bridgehead atoms. The summed E-state index contributed by atoms with van der Waals surface area (Å²) in [4.78, 5) is 58.2. The average Bonchev–Trinajstić information content (AvgIpc) is 3.67. The zero-order chi connectivity index (χ0) is 41.5. The predicted molar refractivity (Wildman–Crippen MR) is 209 cm³/mol. The Bertz CT molecular complexity index is 2140. The van der Waals surface area contributed by atoms with E-state index in [-0.39, 0.29) is 71.6 Å². The number of esters is 2. The summed E-state index contributed by atoms with van der Waals surface area (Å²) in [6.07, 6.45) is 0.361. The van der Waals surface area contributed by atoms with Crippen molar-refractivity contribution >= 4 is 52.9 Å². The maximum atomic E-state index is 12.9. The van der Waals surface area contributed by atoms with Gasteiger partial charge in [-0.3, -0.25) is 9.59 Å². The van der Waals surface area contributed by atoms with E-state index in [0.29, 0.717) is 22.2 Å². The Balaban J connectivity index is 1.49. The van der Waals surface area contributed by atoms with Gasteiger partial charge in [-0.25, -0.2) is 19.6 Å². The van der Waals surface area contributed by atoms with Gasteiger partial charge in [-0.2, -0.15) is 10.5 Å². The molecule has 0 aliphatic rings. The zero-order valence-corrected chi connectivity index (χ0v) is 32.5. The fourth-order valence-electron chi connectivity index (χ4n) is 5.03. The zero-order valence-electron chi connectivity index (χ0n) is 31.0. The van der Waals surface area contributed by atoms with Crippen molar-refractivity contribution in [1.82, 2.24) is 20.6 Å². The lowest BCUT2D eigenvalue weighted by Gasteiger charge is -2.22. The van der Waals surface area contributed by atoms with Crippen LogP contribution in [0.25, 0.3) is 22.6 Å². The van der Waals surface area contributed by atoms with E-state index < -0.39 is 48.5 Å². The quantitative estimate of drug-likeness (QED) is 0.0671. The van der Waals surface area contributed by atoms with E-state index in [1.807, 2.05) is 6.07 Å². The topological polar surface area (TPSA) is 285 Å². The molecule has 57 heavy (non-hydrogen) atoms. The summed E-state index contributed by atoms with van der Waals surface area (Å²) in [5.74, 6) is -1.64. The average molecular weight is 818 g/mol. The molecule has 298 valence electrons. The van der Waals surface area contributed by atoms with Gasteiger partial charge in [-0.1, -0.05) is 35.5 Å². The number of benzene rings is 2. The van der Waals surface area contributed by atoms with Gasteiger partial charge < -0.3 is 46.5 Å². The fourth-order valence-corrected chi connectivity index (χ4v) is 6.03. The van der Waals surface area contributed by atoms with Crippen molar-refractivity contribution in [3.63, 3.8) is 0 Å². The molecule has 17 nitrogen and oxygen atoms in total. The number of pyridine rings is 1. The minimum atomic E-state index is -1.15. The first kappa shape index (κ1) is 43.5. The van der Waals surface area contributed by atoms with Crippen LogP contribution >= 0.6 is 23.4 Å². The molecule has 0 spiro atoms. The number of nitrogens with one attached hydrogen (secondary N) is 2. The number of oxazole rings is 1. The van der Waals surface area contributed by atoms with Gasteiger partial charge in [0.25, 0.3) is 0 Å². The standard InChI is InChI=1S/C38H40ClN9O8S/c1-21(45-31(49)11-13-40)37(51)55-19-28(56-38(52)22(2)46-32(50)12-14-41)18-53-27-9-5-23(6-10-27)33-29(15-42)34(44)48-36(30(33)16-43)57-20-26-17-54-35(47-26)24-3-7-25(39)8-4-24/h3-10,17,21-22,28H,11-14,18-20,40-41H2,1-2H3,(H2,44,48)(H,45,49)(H,46,50). The summed E-state index contributed by atoms with van der Waals surface area (Å²) < 4.78 is 22.4. The summed E-state index contributed by atoms with van der Waals surface area (Å²) in [5, 5.41) is 26.1. The number of rotatable bonds is 19. The number of carbonyl (C=O) groups excluding carboxylic acids is 4. The van der Waals surface area contributed by atoms with E-state index in [1.165, 1.54) is 31.9 Å². The van der Waals surface area contributed by atoms with Gasteiger partial charge in [0.05, 0.1) is 11.3 Å². The minimum absolute atomic E-state index is 0.00112. The monoisotopic (exact) mass is 817 g/mol. The maximum absolute atomic E-state index is 12.9. The van der Waals surface area contributed by atoms with E-state index >= 15 is 0 Å². The lowest BCUT2D eigenvalue weighted by molar-refractivity contribution is -0.163. The number of amides is 2. The Morgan fingerprint density at radius 3 is 2.05 bits per heavy atom. The molecule has 8 N–H and O–H groups in total. The molecule has 2 aromatic heterocycles. The second-order valence-corrected chi connectivity index (χ2v) is 13.7. The molecule has 0 aliphatic heterocycles. The number of carbonyl (C=O) groups is 4. The van der Waals surface area contributed by atoms with E-state index in [9.17, 15) is 29.7 Å². The number of anilines is 1. The van der Waals surface area contributed by atoms with Crippen LogP contribution in [-0.4, -0.2) is 78.2 Å². The van der Waals surface area contributed by atoms with Crippen molar-refractivity contribution in [3.8, 4) is 40.5 Å². The predicted octanol–water partition coefficient (Wildman–Crippen LogP) is 3.22. The number of thioether (sulfide) groups is 1. The highest BCUT2D eigenvalue weighted by Crippen LogP contribution is 2.37. The largest absolute Gasteiger partial charge is 0.490 e. The summed E-state index contributed by atoms with van der Waals surface area (Å²) in [6.45, 7) is 2.27. The van der Waals surface area contributed by atoms with Crippen LogP contribution in [0, 0.1) is 22.7 Å². The molecular formula is C38H40ClN9O8S. The minimum Gasteiger partial charge on any atom is -0.490 e. The van der Waals surface area contributed by atoms with E-state index in [1.54, 1.807) is 48.5 Å². The van der Waals surface area contributed by atoms with Gasteiger partial charge in [-0.05, 0) is 55.8 Å². The Hall–Kier alpha value is -6.18. The van der Waals surface area contributed by atoms with Gasteiger partial charge in [-0.15, -0.1) is 0 Å². The molecule has 19 heteroatoms. The fraction of sp³-hybridized carbons (Fsp3) is 0.316. The lowest BCUT2D eigenvalue weighted by atomic mass is 9.97. The van der Waals surface area contributed by atoms with Crippen LogP contribution in [-0.2, 0) is 34.4 Å². The first-order chi connectivity index (χ1) is 27.4. The van der Waals surface area contributed by atoms with Gasteiger partial charge in [0.15, 0.2) is 6.10 Å². The number of aromatic nitrogens is 2.